The van der Waals surface area contributed by atoms with Gasteiger partial charge in [-0.2, -0.15) is 0 Å². The van der Waals surface area contributed by atoms with Crippen molar-refractivity contribution >= 4 is 14.1 Å². The van der Waals surface area contributed by atoms with Gasteiger partial charge in [-0.25, -0.2) is 0 Å². The van der Waals surface area contributed by atoms with Gasteiger partial charge in [-0.3, -0.25) is 4.79 Å². The Labute approximate surface area is 118 Å². The van der Waals surface area contributed by atoms with E-state index in [2.05, 4.69) is 40.4 Å². The molecule has 0 bridgehead atoms. The van der Waals surface area contributed by atoms with Crippen LogP contribution in [0, 0.1) is 5.92 Å². The average molecular weight is 280 g/mol. The summed E-state index contributed by atoms with van der Waals surface area (Å²) >= 11 is 0. The Hall–Kier alpha value is -0.413. The van der Waals surface area contributed by atoms with Crippen molar-refractivity contribution in [3.8, 4) is 0 Å². The Morgan fingerprint density at radius 1 is 1.32 bits per heavy atom. The second kappa shape index (κ2) is 4.56. The molecule has 0 unspecified atom stereocenters. The fourth-order valence-corrected chi connectivity index (χ4v) is 4.94. The topological polar surface area (TPSA) is 26.3 Å². The molecular formula is C16H28O2Si. The van der Waals surface area contributed by atoms with Crippen LogP contribution < -0.4 is 0 Å². The first-order chi connectivity index (χ1) is 8.59. The monoisotopic (exact) mass is 280 g/mol. The van der Waals surface area contributed by atoms with Crippen LogP contribution in [-0.2, 0) is 9.22 Å². The number of rotatable bonds is 2. The van der Waals surface area contributed by atoms with Crippen molar-refractivity contribution < 1.29 is 9.22 Å². The first-order valence-electron chi connectivity index (χ1n) is 7.51. The molecule has 0 aromatic rings. The number of carbonyl (C=O) groups excluding carboxylic acids is 1. The molecule has 0 radical (unpaired) electrons. The van der Waals surface area contributed by atoms with Crippen molar-refractivity contribution in [3.63, 3.8) is 0 Å². The zero-order valence-corrected chi connectivity index (χ0v) is 14.1. The van der Waals surface area contributed by atoms with E-state index in [0.29, 0.717) is 0 Å². The van der Waals surface area contributed by atoms with Gasteiger partial charge in [0.05, 0.1) is 11.5 Å². The maximum absolute atomic E-state index is 12.3. The first-order valence-corrected chi connectivity index (χ1v) is 10.4. The largest absolute Gasteiger partial charge is 0.410 e. The zero-order chi connectivity index (χ0) is 14.5. The highest BCUT2D eigenvalue weighted by atomic mass is 28.4. The fraction of sp³-hybridized carbons (Fsp3) is 0.812. The van der Waals surface area contributed by atoms with E-state index in [4.69, 9.17) is 4.43 Å². The Morgan fingerprint density at radius 2 is 1.95 bits per heavy atom. The van der Waals surface area contributed by atoms with Gasteiger partial charge in [-0.05, 0) is 36.5 Å². The minimum Gasteiger partial charge on any atom is -0.410 e. The van der Waals surface area contributed by atoms with Gasteiger partial charge < -0.3 is 4.43 Å². The van der Waals surface area contributed by atoms with Crippen LogP contribution in [0.15, 0.2) is 12.2 Å². The molecule has 108 valence electrons. The van der Waals surface area contributed by atoms with E-state index in [-0.39, 0.29) is 22.3 Å². The van der Waals surface area contributed by atoms with Crippen molar-refractivity contribution in [1.82, 2.24) is 0 Å². The van der Waals surface area contributed by atoms with Gasteiger partial charge in [-0.15, -0.1) is 0 Å². The lowest BCUT2D eigenvalue weighted by Gasteiger charge is -2.48. The van der Waals surface area contributed by atoms with E-state index in [1.165, 1.54) is 6.42 Å². The summed E-state index contributed by atoms with van der Waals surface area (Å²) in [5.74, 6) is 0.362. The molecule has 2 aliphatic rings. The molecule has 2 fully saturated rings. The van der Waals surface area contributed by atoms with Gasteiger partial charge in [0.25, 0.3) is 0 Å². The van der Waals surface area contributed by atoms with Crippen LogP contribution in [0.25, 0.3) is 0 Å². The van der Waals surface area contributed by atoms with Crippen molar-refractivity contribution in [2.24, 2.45) is 5.92 Å². The number of carbonyl (C=O) groups is 1. The van der Waals surface area contributed by atoms with Gasteiger partial charge in [0, 0.05) is 6.42 Å². The molecule has 0 N–H and O–H groups in total. The van der Waals surface area contributed by atoms with Gasteiger partial charge in [0.1, 0.15) is 0 Å². The summed E-state index contributed by atoms with van der Waals surface area (Å²) in [5.41, 5.74) is 0.584. The predicted octanol–water partition coefficient (Wildman–Crippen LogP) is 4.47. The van der Waals surface area contributed by atoms with Crippen LogP contribution in [0.3, 0.4) is 0 Å². The molecular weight excluding hydrogens is 252 g/mol. The van der Waals surface area contributed by atoms with Crippen LogP contribution in [0.2, 0.25) is 18.1 Å². The van der Waals surface area contributed by atoms with Crippen molar-refractivity contribution in [3.05, 3.63) is 12.2 Å². The number of Topliss-reactive ketones (excluding diaryl/α,β-unsaturated/α-hetero) is 1. The smallest absolute Gasteiger partial charge is 0.192 e. The van der Waals surface area contributed by atoms with Crippen molar-refractivity contribution in [2.45, 2.75) is 76.6 Å². The van der Waals surface area contributed by atoms with Gasteiger partial charge in [0.2, 0.25) is 0 Å². The molecule has 0 aromatic heterocycles. The number of hydrogen-bond acceptors (Lipinski definition) is 2. The molecule has 0 amide bonds. The number of fused-ring (bicyclic) bond motifs is 1. The quantitative estimate of drug-likeness (QED) is 0.551. The van der Waals surface area contributed by atoms with Gasteiger partial charge in [0.15, 0.2) is 14.1 Å². The minimum absolute atomic E-state index is 0.0860. The molecule has 2 saturated carbocycles. The summed E-state index contributed by atoms with van der Waals surface area (Å²) < 4.78 is 6.75. The highest BCUT2D eigenvalue weighted by molar-refractivity contribution is 6.74. The molecule has 2 atom stereocenters. The van der Waals surface area contributed by atoms with E-state index in [1.807, 2.05) is 0 Å². The summed E-state index contributed by atoms with van der Waals surface area (Å²) in [6.45, 7) is 15.4. The summed E-state index contributed by atoms with van der Waals surface area (Å²) in [5, 5.41) is 0.191. The van der Waals surface area contributed by atoms with Crippen molar-refractivity contribution in [1.29, 1.82) is 0 Å². The Kier molecular flexibility index (Phi) is 3.59. The Morgan fingerprint density at radius 3 is 2.53 bits per heavy atom. The van der Waals surface area contributed by atoms with E-state index >= 15 is 0 Å². The lowest BCUT2D eigenvalue weighted by atomic mass is 9.77. The maximum atomic E-state index is 12.3. The number of ketones is 1. The lowest BCUT2D eigenvalue weighted by molar-refractivity contribution is -0.124. The average Bonchev–Trinajstić information content (AvgIpc) is 2.49. The summed E-state index contributed by atoms with van der Waals surface area (Å²) in [6.07, 6.45) is 5.14. The molecule has 0 spiro atoms. The van der Waals surface area contributed by atoms with Crippen LogP contribution in [0.5, 0.6) is 0 Å². The highest BCUT2D eigenvalue weighted by Gasteiger charge is 2.55. The standard InChI is InChI=1S/C16H28O2Si/c1-12-11-16(18-19(5,6)15(2,3)4)10-8-7-9-13(16)14(12)17/h13H,1,7-11H2,2-6H3/t13-,16+/m1/s1. The Bertz CT molecular complexity index is 405. The second-order valence-corrected chi connectivity index (χ2v) is 12.6. The lowest BCUT2D eigenvalue weighted by Crippen LogP contribution is -2.53. The third kappa shape index (κ3) is 2.47. The molecule has 19 heavy (non-hydrogen) atoms. The van der Waals surface area contributed by atoms with E-state index in [0.717, 1.165) is 31.3 Å². The SMILES string of the molecule is C=C1C[C@@]2(O[Si](C)(C)C(C)(C)C)CCCC[C@@H]2C1=O. The molecule has 0 aromatic carbocycles. The summed E-state index contributed by atoms with van der Waals surface area (Å²) in [7, 11) is -1.84. The van der Waals surface area contributed by atoms with E-state index in [9.17, 15) is 4.79 Å². The molecule has 3 heteroatoms. The summed E-state index contributed by atoms with van der Waals surface area (Å²) in [6, 6.07) is 0. The zero-order valence-electron chi connectivity index (χ0n) is 13.1. The van der Waals surface area contributed by atoms with E-state index in [1.54, 1.807) is 0 Å². The highest BCUT2D eigenvalue weighted by Crippen LogP contribution is 2.52. The van der Waals surface area contributed by atoms with Gasteiger partial charge in [-0.1, -0.05) is 40.2 Å². The minimum atomic E-state index is -1.84. The third-order valence-electron chi connectivity index (χ3n) is 5.42. The van der Waals surface area contributed by atoms with Crippen LogP contribution >= 0.6 is 0 Å². The molecule has 0 saturated heterocycles. The molecule has 0 heterocycles. The maximum Gasteiger partial charge on any atom is 0.192 e. The molecule has 2 aliphatic carbocycles. The number of hydrogen-bond donors (Lipinski definition) is 0. The predicted molar refractivity (Wildman–Crippen MR) is 81.7 cm³/mol. The second-order valence-electron chi connectivity index (χ2n) is 7.87. The van der Waals surface area contributed by atoms with Gasteiger partial charge >= 0.3 is 0 Å². The fourth-order valence-electron chi connectivity index (χ4n) is 3.31. The van der Waals surface area contributed by atoms with Crippen LogP contribution in [0.1, 0.15) is 52.9 Å². The van der Waals surface area contributed by atoms with E-state index < -0.39 is 8.32 Å². The van der Waals surface area contributed by atoms with Crippen LogP contribution in [-0.4, -0.2) is 19.7 Å². The molecule has 2 rings (SSSR count). The Balaban J connectivity index is 2.30. The first kappa shape index (κ1) is 15.0. The summed E-state index contributed by atoms with van der Waals surface area (Å²) in [4.78, 5) is 12.3. The third-order valence-corrected chi connectivity index (χ3v) is 9.95. The normalized spacial score (nSPS) is 32.6. The van der Waals surface area contributed by atoms with Crippen molar-refractivity contribution in [2.75, 3.05) is 0 Å². The van der Waals surface area contributed by atoms with Crippen LogP contribution in [0.4, 0.5) is 0 Å². The molecule has 0 aliphatic heterocycles. The molecule has 2 nitrogen and oxygen atoms in total.